The lowest BCUT2D eigenvalue weighted by molar-refractivity contribution is -0.113. The third-order valence-electron chi connectivity index (χ3n) is 6.29. The highest BCUT2D eigenvalue weighted by molar-refractivity contribution is 7.98. The third kappa shape index (κ3) is 4.63. The Labute approximate surface area is 213 Å². The van der Waals surface area contributed by atoms with Crippen LogP contribution in [0.2, 0.25) is 0 Å². The van der Waals surface area contributed by atoms with Crippen LogP contribution in [0.25, 0.3) is 0 Å². The molecule has 2 aromatic carbocycles. The maximum absolute atomic E-state index is 13.7. The number of nitrogens with one attached hydrogen (secondary N) is 2. The molecule has 178 valence electrons. The molecule has 0 bridgehead atoms. The minimum atomic E-state index is -0.352. The maximum Gasteiger partial charge on any atom is 0.255 e. The Balaban J connectivity index is 1.50. The second kappa shape index (κ2) is 9.71. The molecule has 5 rings (SSSR count). The van der Waals surface area contributed by atoms with Gasteiger partial charge in [0.1, 0.15) is 6.04 Å². The molecular formula is C27H27N5OS2. The first-order chi connectivity index (χ1) is 16.9. The van der Waals surface area contributed by atoms with Crippen LogP contribution in [-0.4, -0.2) is 20.7 Å². The molecule has 2 N–H and O–H groups in total. The van der Waals surface area contributed by atoms with Gasteiger partial charge in [0.25, 0.3) is 5.91 Å². The lowest BCUT2D eigenvalue weighted by Gasteiger charge is -2.28. The fourth-order valence-corrected chi connectivity index (χ4v) is 6.00. The number of hydrogen-bond donors (Lipinski definition) is 2. The summed E-state index contributed by atoms with van der Waals surface area (Å²) in [5.74, 6) is 1.29. The maximum atomic E-state index is 13.7. The summed E-state index contributed by atoms with van der Waals surface area (Å²) in [5, 5.41) is 14.1. The third-order valence-corrected chi connectivity index (χ3v) is 8.27. The SMILES string of the molecule is CC1=C(C(=O)Nc2cccc(C)c2C)C(c2sccc2C)n2nc(SCc3ccccc3)nc2N1. The van der Waals surface area contributed by atoms with E-state index in [1.807, 2.05) is 61.9 Å². The highest BCUT2D eigenvalue weighted by Gasteiger charge is 2.36. The quantitative estimate of drug-likeness (QED) is 0.296. The van der Waals surface area contributed by atoms with Crippen LogP contribution in [0.1, 0.15) is 40.1 Å². The Kier molecular flexibility index (Phi) is 6.49. The molecule has 2 aromatic heterocycles. The lowest BCUT2D eigenvalue weighted by atomic mass is 9.98. The number of anilines is 2. The minimum Gasteiger partial charge on any atom is -0.328 e. The lowest BCUT2D eigenvalue weighted by Crippen LogP contribution is -2.31. The second-order valence-corrected chi connectivity index (χ2v) is 10.6. The number of thiophene rings is 1. The van der Waals surface area contributed by atoms with Gasteiger partial charge in [0, 0.05) is 22.0 Å². The predicted molar refractivity (Wildman–Crippen MR) is 144 cm³/mol. The summed E-state index contributed by atoms with van der Waals surface area (Å²) in [4.78, 5) is 19.6. The van der Waals surface area contributed by atoms with E-state index in [4.69, 9.17) is 10.1 Å². The Morgan fingerprint density at radius 3 is 2.60 bits per heavy atom. The van der Waals surface area contributed by atoms with Gasteiger partial charge in [-0.3, -0.25) is 4.79 Å². The molecule has 0 radical (unpaired) electrons. The molecular weight excluding hydrogens is 474 g/mol. The van der Waals surface area contributed by atoms with Gasteiger partial charge in [0.15, 0.2) is 0 Å². The van der Waals surface area contributed by atoms with Crippen molar-refractivity contribution in [3.63, 3.8) is 0 Å². The molecule has 1 unspecified atom stereocenters. The fourth-order valence-electron chi connectivity index (χ4n) is 4.19. The van der Waals surface area contributed by atoms with Gasteiger partial charge < -0.3 is 10.6 Å². The summed E-state index contributed by atoms with van der Waals surface area (Å²) in [6, 6.07) is 18.0. The number of benzene rings is 2. The standard InChI is InChI=1S/C27H27N5OS2/c1-16-9-8-12-21(18(16)3)29-25(33)22-19(4)28-26-30-27(35-15-20-10-6-5-7-11-20)31-32(26)23(22)24-17(2)13-14-34-24/h5-14,23H,15H2,1-4H3,(H,29,33)(H,28,30,31). The van der Waals surface area contributed by atoms with E-state index in [0.717, 1.165) is 38.7 Å². The van der Waals surface area contributed by atoms with E-state index in [0.29, 0.717) is 16.7 Å². The van der Waals surface area contributed by atoms with Gasteiger partial charge in [-0.15, -0.1) is 16.4 Å². The molecule has 3 heterocycles. The number of carbonyl (C=O) groups excluding carboxylic acids is 1. The predicted octanol–water partition coefficient (Wildman–Crippen LogP) is 6.48. The number of rotatable bonds is 6. The van der Waals surface area contributed by atoms with Gasteiger partial charge in [-0.1, -0.05) is 54.2 Å². The van der Waals surface area contributed by atoms with E-state index < -0.39 is 0 Å². The van der Waals surface area contributed by atoms with Crippen molar-refractivity contribution in [2.24, 2.45) is 0 Å². The highest BCUT2D eigenvalue weighted by atomic mass is 32.2. The number of amides is 1. The molecule has 8 heteroatoms. The summed E-state index contributed by atoms with van der Waals surface area (Å²) in [5.41, 5.74) is 6.80. The molecule has 0 saturated heterocycles. The average molecular weight is 502 g/mol. The summed E-state index contributed by atoms with van der Waals surface area (Å²) < 4.78 is 1.86. The van der Waals surface area contributed by atoms with Crippen molar-refractivity contribution in [3.05, 3.63) is 98.4 Å². The first-order valence-corrected chi connectivity index (χ1v) is 13.3. The zero-order chi connectivity index (χ0) is 24.5. The van der Waals surface area contributed by atoms with Crippen molar-refractivity contribution in [1.82, 2.24) is 14.8 Å². The van der Waals surface area contributed by atoms with E-state index in [2.05, 4.69) is 41.1 Å². The van der Waals surface area contributed by atoms with E-state index in [-0.39, 0.29) is 11.9 Å². The number of fused-ring (bicyclic) bond motifs is 1. The molecule has 1 aliphatic heterocycles. The fraction of sp³-hybridized carbons (Fsp3) is 0.222. The van der Waals surface area contributed by atoms with Crippen LogP contribution in [0.15, 0.2) is 76.4 Å². The van der Waals surface area contributed by atoms with Gasteiger partial charge in [-0.05, 0) is 67.5 Å². The monoisotopic (exact) mass is 501 g/mol. The number of nitrogens with zero attached hydrogens (tertiary/aromatic N) is 3. The number of carbonyl (C=O) groups is 1. The van der Waals surface area contributed by atoms with Crippen molar-refractivity contribution in [1.29, 1.82) is 0 Å². The molecule has 4 aromatic rings. The van der Waals surface area contributed by atoms with Gasteiger partial charge in [-0.2, -0.15) is 4.98 Å². The summed E-state index contributed by atoms with van der Waals surface area (Å²) in [6.45, 7) is 8.08. The molecule has 0 fully saturated rings. The molecule has 6 nitrogen and oxygen atoms in total. The molecule has 1 atom stereocenters. The van der Waals surface area contributed by atoms with Crippen LogP contribution in [0.4, 0.5) is 11.6 Å². The van der Waals surface area contributed by atoms with Crippen molar-refractivity contribution in [2.45, 2.75) is 44.6 Å². The summed E-state index contributed by atoms with van der Waals surface area (Å²) in [7, 11) is 0. The van der Waals surface area contributed by atoms with Crippen LogP contribution in [0.5, 0.6) is 0 Å². The summed E-state index contributed by atoms with van der Waals surface area (Å²) >= 11 is 3.23. The Morgan fingerprint density at radius 2 is 1.86 bits per heavy atom. The van der Waals surface area contributed by atoms with E-state index >= 15 is 0 Å². The van der Waals surface area contributed by atoms with Crippen LogP contribution in [-0.2, 0) is 10.5 Å². The van der Waals surface area contributed by atoms with E-state index in [1.165, 1.54) is 5.56 Å². The van der Waals surface area contributed by atoms with E-state index in [1.54, 1.807) is 23.1 Å². The van der Waals surface area contributed by atoms with Crippen LogP contribution in [0.3, 0.4) is 0 Å². The molecule has 0 spiro atoms. The highest BCUT2D eigenvalue weighted by Crippen LogP contribution is 2.40. The molecule has 0 saturated carbocycles. The van der Waals surface area contributed by atoms with E-state index in [9.17, 15) is 4.79 Å². The zero-order valence-corrected chi connectivity index (χ0v) is 21.8. The number of aromatic nitrogens is 3. The number of allylic oxidation sites excluding steroid dienone is 1. The van der Waals surface area contributed by atoms with Gasteiger partial charge in [0.05, 0.1) is 5.57 Å². The number of hydrogen-bond acceptors (Lipinski definition) is 6. The topological polar surface area (TPSA) is 71.8 Å². The van der Waals surface area contributed by atoms with Crippen molar-refractivity contribution < 1.29 is 4.79 Å². The number of thioether (sulfide) groups is 1. The van der Waals surface area contributed by atoms with Crippen LogP contribution >= 0.6 is 23.1 Å². The Hall–Kier alpha value is -3.36. The number of aryl methyl sites for hydroxylation is 2. The summed E-state index contributed by atoms with van der Waals surface area (Å²) in [6.07, 6.45) is 0. The zero-order valence-electron chi connectivity index (χ0n) is 20.1. The molecule has 1 amide bonds. The Morgan fingerprint density at radius 1 is 1.06 bits per heavy atom. The smallest absolute Gasteiger partial charge is 0.255 e. The Bertz CT molecular complexity index is 1420. The van der Waals surface area contributed by atoms with Crippen LogP contribution < -0.4 is 10.6 Å². The second-order valence-electron chi connectivity index (χ2n) is 8.67. The van der Waals surface area contributed by atoms with Gasteiger partial charge in [0.2, 0.25) is 11.1 Å². The normalized spacial score (nSPS) is 15.0. The molecule has 0 aliphatic carbocycles. The van der Waals surface area contributed by atoms with Crippen molar-refractivity contribution in [3.8, 4) is 0 Å². The van der Waals surface area contributed by atoms with Gasteiger partial charge in [-0.25, -0.2) is 4.68 Å². The minimum absolute atomic E-state index is 0.138. The largest absolute Gasteiger partial charge is 0.328 e. The molecule has 1 aliphatic rings. The first kappa shape index (κ1) is 23.4. The van der Waals surface area contributed by atoms with Crippen molar-refractivity contribution >= 4 is 40.6 Å². The average Bonchev–Trinajstić information content (AvgIpc) is 3.46. The van der Waals surface area contributed by atoms with Crippen LogP contribution in [0, 0.1) is 20.8 Å². The van der Waals surface area contributed by atoms with Gasteiger partial charge >= 0.3 is 0 Å². The molecule has 35 heavy (non-hydrogen) atoms. The first-order valence-electron chi connectivity index (χ1n) is 11.4. The van der Waals surface area contributed by atoms with Crippen molar-refractivity contribution in [2.75, 3.05) is 10.6 Å².